The van der Waals surface area contributed by atoms with Crippen LogP contribution in [0.5, 0.6) is 0 Å². The van der Waals surface area contributed by atoms with Gasteiger partial charge < -0.3 is 5.32 Å². The van der Waals surface area contributed by atoms with Crippen molar-refractivity contribution in [2.75, 3.05) is 20.6 Å². The Morgan fingerprint density at radius 2 is 2.26 bits per heavy atom. The number of thiophene rings is 1. The molecule has 0 aromatic carbocycles. The molecule has 4 atom stereocenters. The van der Waals surface area contributed by atoms with Crippen molar-refractivity contribution >= 4 is 11.3 Å². The van der Waals surface area contributed by atoms with Crippen LogP contribution in [0.25, 0.3) is 0 Å². The van der Waals surface area contributed by atoms with E-state index in [4.69, 9.17) is 0 Å². The first-order valence-corrected chi connectivity index (χ1v) is 8.40. The highest BCUT2D eigenvalue weighted by atomic mass is 32.1. The Morgan fingerprint density at radius 3 is 2.89 bits per heavy atom. The smallest absolute Gasteiger partial charge is 0.0410 e. The van der Waals surface area contributed by atoms with Crippen molar-refractivity contribution in [3.63, 3.8) is 0 Å². The van der Waals surface area contributed by atoms with E-state index in [-0.39, 0.29) is 0 Å². The maximum atomic E-state index is 3.53. The Balaban J connectivity index is 1.94. The fourth-order valence-corrected chi connectivity index (χ4v) is 4.20. The first kappa shape index (κ1) is 15.0. The van der Waals surface area contributed by atoms with Crippen LogP contribution in [-0.2, 0) is 0 Å². The first-order chi connectivity index (χ1) is 9.11. The molecular formula is C16H28N2S. The summed E-state index contributed by atoms with van der Waals surface area (Å²) in [5.74, 6) is 1.68. The van der Waals surface area contributed by atoms with Gasteiger partial charge in [-0.25, -0.2) is 0 Å². The van der Waals surface area contributed by atoms with E-state index in [1.807, 2.05) is 11.3 Å². The first-order valence-electron chi connectivity index (χ1n) is 7.52. The van der Waals surface area contributed by atoms with Gasteiger partial charge in [-0.05, 0) is 63.6 Å². The van der Waals surface area contributed by atoms with E-state index in [1.54, 1.807) is 0 Å². The van der Waals surface area contributed by atoms with Gasteiger partial charge in [0.1, 0.15) is 0 Å². The van der Waals surface area contributed by atoms with Crippen molar-refractivity contribution in [2.45, 2.75) is 45.2 Å². The van der Waals surface area contributed by atoms with Gasteiger partial charge in [0.05, 0.1) is 0 Å². The molecule has 1 aliphatic rings. The Labute approximate surface area is 122 Å². The molecule has 2 rings (SSSR count). The summed E-state index contributed by atoms with van der Waals surface area (Å²) in [5, 5.41) is 5.71. The third-order valence-corrected chi connectivity index (χ3v) is 5.80. The summed E-state index contributed by atoms with van der Waals surface area (Å²) in [6.07, 6.45) is 4.09. The molecule has 2 nitrogen and oxygen atoms in total. The predicted octanol–water partition coefficient (Wildman–Crippen LogP) is 3.77. The molecule has 0 amide bonds. The Bertz CT molecular complexity index is 363. The van der Waals surface area contributed by atoms with Gasteiger partial charge in [-0.2, -0.15) is 0 Å². The lowest BCUT2D eigenvalue weighted by atomic mass is 9.78. The normalized spacial score (nSPS) is 29.6. The summed E-state index contributed by atoms with van der Waals surface area (Å²) in [6.45, 7) is 5.93. The zero-order valence-corrected chi connectivity index (χ0v) is 13.5. The highest BCUT2D eigenvalue weighted by Crippen LogP contribution is 2.31. The SMILES string of the molecule is CNC1CCC(C)CC1CN(C)C(C)c1cccs1. The molecule has 0 radical (unpaired) electrons. The van der Waals surface area contributed by atoms with Crippen molar-refractivity contribution in [3.05, 3.63) is 22.4 Å². The molecule has 1 saturated carbocycles. The molecule has 0 spiro atoms. The average molecular weight is 280 g/mol. The van der Waals surface area contributed by atoms with Crippen LogP contribution < -0.4 is 5.32 Å². The molecule has 1 aliphatic carbocycles. The third-order valence-electron chi connectivity index (χ3n) is 4.75. The van der Waals surface area contributed by atoms with Gasteiger partial charge in [0.25, 0.3) is 0 Å². The van der Waals surface area contributed by atoms with E-state index in [0.29, 0.717) is 12.1 Å². The minimum absolute atomic E-state index is 0.537. The van der Waals surface area contributed by atoms with Gasteiger partial charge in [-0.3, -0.25) is 4.90 Å². The number of hydrogen-bond donors (Lipinski definition) is 1. The summed E-state index contributed by atoms with van der Waals surface area (Å²) in [6, 6.07) is 5.65. The van der Waals surface area contributed by atoms with Crippen molar-refractivity contribution in [1.82, 2.24) is 10.2 Å². The third kappa shape index (κ3) is 3.80. The molecule has 1 aromatic heterocycles. The largest absolute Gasteiger partial charge is 0.317 e. The standard InChI is InChI=1S/C16H28N2S/c1-12-7-8-15(17-3)14(10-12)11-18(4)13(2)16-6-5-9-19-16/h5-6,9,12-15,17H,7-8,10-11H2,1-4H3. The van der Waals surface area contributed by atoms with Crippen LogP contribution in [0.4, 0.5) is 0 Å². The molecule has 1 fully saturated rings. The summed E-state index contributed by atoms with van der Waals surface area (Å²) < 4.78 is 0. The second-order valence-electron chi connectivity index (χ2n) is 6.20. The lowest BCUT2D eigenvalue weighted by Gasteiger charge is -2.38. The second kappa shape index (κ2) is 6.87. The van der Waals surface area contributed by atoms with Gasteiger partial charge in [-0.1, -0.05) is 13.0 Å². The van der Waals surface area contributed by atoms with Crippen LogP contribution in [0.2, 0.25) is 0 Å². The van der Waals surface area contributed by atoms with Crippen LogP contribution in [-0.4, -0.2) is 31.6 Å². The molecule has 0 aliphatic heterocycles. The lowest BCUT2D eigenvalue weighted by Crippen LogP contribution is -2.43. The molecule has 0 saturated heterocycles. The van der Waals surface area contributed by atoms with E-state index in [2.05, 4.69) is 55.7 Å². The number of rotatable bonds is 5. The topological polar surface area (TPSA) is 15.3 Å². The fraction of sp³-hybridized carbons (Fsp3) is 0.750. The minimum Gasteiger partial charge on any atom is -0.317 e. The highest BCUT2D eigenvalue weighted by molar-refractivity contribution is 7.10. The van der Waals surface area contributed by atoms with Gasteiger partial charge in [0, 0.05) is 23.5 Å². The highest BCUT2D eigenvalue weighted by Gasteiger charge is 2.29. The molecule has 0 bridgehead atoms. The van der Waals surface area contributed by atoms with Crippen molar-refractivity contribution in [2.24, 2.45) is 11.8 Å². The van der Waals surface area contributed by atoms with E-state index >= 15 is 0 Å². The molecule has 1 heterocycles. The Morgan fingerprint density at radius 1 is 1.47 bits per heavy atom. The lowest BCUT2D eigenvalue weighted by molar-refractivity contribution is 0.144. The quantitative estimate of drug-likeness (QED) is 0.883. The Kier molecular flexibility index (Phi) is 5.43. The zero-order chi connectivity index (χ0) is 13.8. The van der Waals surface area contributed by atoms with Crippen molar-refractivity contribution < 1.29 is 0 Å². The molecule has 1 aromatic rings. The van der Waals surface area contributed by atoms with Gasteiger partial charge >= 0.3 is 0 Å². The average Bonchev–Trinajstić information content (AvgIpc) is 2.92. The van der Waals surface area contributed by atoms with Crippen LogP contribution >= 0.6 is 11.3 Å². The van der Waals surface area contributed by atoms with Crippen molar-refractivity contribution in [3.8, 4) is 0 Å². The van der Waals surface area contributed by atoms with Gasteiger partial charge in [-0.15, -0.1) is 11.3 Å². The van der Waals surface area contributed by atoms with Gasteiger partial charge in [0.15, 0.2) is 0 Å². The molecule has 3 heteroatoms. The van der Waals surface area contributed by atoms with E-state index < -0.39 is 0 Å². The molecular weight excluding hydrogens is 252 g/mol. The van der Waals surface area contributed by atoms with Gasteiger partial charge in [0.2, 0.25) is 0 Å². The fourth-order valence-electron chi connectivity index (χ4n) is 3.35. The van der Waals surface area contributed by atoms with Crippen LogP contribution in [0, 0.1) is 11.8 Å². The van der Waals surface area contributed by atoms with Crippen LogP contribution in [0.15, 0.2) is 17.5 Å². The maximum Gasteiger partial charge on any atom is 0.0410 e. The summed E-state index contributed by atoms with van der Waals surface area (Å²) in [4.78, 5) is 4.01. The second-order valence-corrected chi connectivity index (χ2v) is 7.18. The number of hydrogen-bond acceptors (Lipinski definition) is 3. The molecule has 1 N–H and O–H groups in total. The zero-order valence-electron chi connectivity index (χ0n) is 12.7. The van der Waals surface area contributed by atoms with Crippen LogP contribution in [0.3, 0.4) is 0 Å². The number of nitrogens with zero attached hydrogens (tertiary/aromatic N) is 1. The maximum absolute atomic E-state index is 3.53. The monoisotopic (exact) mass is 280 g/mol. The van der Waals surface area contributed by atoms with E-state index in [9.17, 15) is 0 Å². The minimum atomic E-state index is 0.537. The Hall–Kier alpha value is -0.380. The summed E-state index contributed by atoms with van der Waals surface area (Å²) in [5.41, 5.74) is 0. The molecule has 19 heavy (non-hydrogen) atoms. The van der Waals surface area contributed by atoms with Crippen LogP contribution in [0.1, 0.15) is 44.0 Å². The number of nitrogens with one attached hydrogen (secondary N) is 1. The van der Waals surface area contributed by atoms with E-state index in [1.165, 1.54) is 30.7 Å². The molecule has 4 unspecified atom stereocenters. The van der Waals surface area contributed by atoms with Crippen molar-refractivity contribution in [1.29, 1.82) is 0 Å². The molecule has 108 valence electrons. The summed E-state index contributed by atoms with van der Waals surface area (Å²) in [7, 11) is 4.40. The summed E-state index contributed by atoms with van der Waals surface area (Å²) >= 11 is 1.87. The predicted molar refractivity (Wildman–Crippen MR) is 84.7 cm³/mol. The van der Waals surface area contributed by atoms with E-state index in [0.717, 1.165) is 11.8 Å².